The largest absolute Gasteiger partial charge is 0.481 e. The fourth-order valence-electron chi connectivity index (χ4n) is 3.47. The van der Waals surface area contributed by atoms with Crippen LogP contribution >= 0.6 is 0 Å². The summed E-state index contributed by atoms with van der Waals surface area (Å²) in [4.78, 5) is 25.2. The molecule has 1 heterocycles. The zero-order valence-corrected chi connectivity index (χ0v) is 12.4. The number of hydrogen-bond donors (Lipinski definition) is 2. The minimum absolute atomic E-state index is 0.00628. The number of urea groups is 1. The molecule has 1 aliphatic heterocycles. The van der Waals surface area contributed by atoms with Gasteiger partial charge in [-0.15, -0.1) is 0 Å². The third kappa shape index (κ3) is 3.44. The van der Waals surface area contributed by atoms with Crippen molar-refractivity contribution in [3.63, 3.8) is 0 Å². The normalized spacial score (nSPS) is 24.9. The van der Waals surface area contributed by atoms with Crippen LogP contribution < -0.4 is 5.32 Å². The molecule has 5 heteroatoms. The Morgan fingerprint density at radius 3 is 2.60 bits per heavy atom. The van der Waals surface area contributed by atoms with Crippen molar-refractivity contribution in [2.75, 3.05) is 13.1 Å². The maximum Gasteiger partial charge on any atom is 0.317 e. The molecule has 2 fully saturated rings. The lowest BCUT2D eigenvalue weighted by atomic mass is 9.66. The average Bonchev–Trinajstić information content (AvgIpc) is 2.40. The van der Waals surface area contributed by atoms with Crippen molar-refractivity contribution in [3.8, 4) is 0 Å². The smallest absolute Gasteiger partial charge is 0.317 e. The Morgan fingerprint density at radius 2 is 2.05 bits per heavy atom. The Morgan fingerprint density at radius 1 is 1.30 bits per heavy atom. The van der Waals surface area contributed by atoms with Crippen LogP contribution in [0.5, 0.6) is 0 Å². The summed E-state index contributed by atoms with van der Waals surface area (Å²) in [5, 5.41) is 12.0. The van der Waals surface area contributed by atoms with E-state index in [1.165, 1.54) is 6.42 Å². The SMILES string of the molecule is CCC1CCCCN1C(=O)NCC1(CC(=O)O)CCC1. The summed E-state index contributed by atoms with van der Waals surface area (Å²) in [5.74, 6) is -0.761. The van der Waals surface area contributed by atoms with Crippen molar-refractivity contribution in [2.24, 2.45) is 5.41 Å². The molecule has 0 spiro atoms. The van der Waals surface area contributed by atoms with Crippen LogP contribution in [0.15, 0.2) is 0 Å². The standard InChI is InChI=1S/C15H26N2O3/c1-2-12-6-3-4-9-17(12)14(20)16-11-15(7-5-8-15)10-13(18)19/h12H,2-11H2,1H3,(H,16,20)(H,18,19). The number of amides is 2. The van der Waals surface area contributed by atoms with Gasteiger partial charge in [0.2, 0.25) is 0 Å². The monoisotopic (exact) mass is 282 g/mol. The van der Waals surface area contributed by atoms with E-state index in [2.05, 4.69) is 12.2 Å². The minimum atomic E-state index is -0.761. The molecule has 1 unspecified atom stereocenters. The topological polar surface area (TPSA) is 69.6 Å². The number of rotatable bonds is 5. The van der Waals surface area contributed by atoms with Crippen LogP contribution in [0.25, 0.3) is 0 Å². The number of carbonyl (C=O) groups is 2. The van der Waals surface area contributed by atoms with Crippen LogP contribution in [-0.4, -0.2) is 41.1 Å². The third-order valence-corrected chi connectivity index (χ3v) is 4.91. The number of hydrogen-bond acceptors (Lipinski definition) is 2. The van der Waals surface area contributed by atoms with Crippen LogP contribution in [0.1, 0.15) is 58.3 Å². The minimum Gasteiger partial charge on any atom is -0.481 e. The van der Waals surface area contributed by atoms with E-state index in [9.17, 15) is 9.59 Å². The van der Waals surface area contributed by atoms with Gasteiger partial charge in [-0.1, -0.05) is 13.3 Å². The van der Waals surface area contributed by atoms with Crippen LogP contribution in [-0.2, 0) is 4.79 Å². The Bertz CT molecular complexity index is 366. The highest BCUT2D eigenvalue weighted by Gasteiger charge is 2.39. The molecular weight excluding hydrogens is 256 g/mol. The van der Waals surface area contributed by atoms with Gasteiger partial charge in [0.1, 0.15) is 0 Å². The van der Waals surface area contributed by atoms with Crippen molar-refractivity contribution in [1.82, 2.24) is 10.2 Å². The zero-order chi connectivity index (χ0) is 14.6. The van der Waals surface area contributed by atoms with Crippen molar-refractivity contribution in [3.05, 3.63) is 0 Å². The number of carboxylic acid groups (broad SMARTS) is 1. The molecule has 20 heavy (non-hydrogen) atoms. The number of nitrogens with one attached hydrogen (secondary N) is 1. The fraction of sp³-hybridized carbons (Fsp3) is 0.867. The molecule has 1 saturated carbocycles. The number of aliphatic carboxylic acids is 1. The summed E-state index contributed by atoms with van der Waals surface area (Å²) in [7, 11) is 0. The average molecular weight is 282 g/mol. The van der Waals surface area contributed by atoms with E-state index in [-0.39, 0.29) is 17.9 Å². The number of nitrogens with zero attached hydrogens (tertiary/aromatic N) is 1. The first kappa shape index (κ1) is 15.1. The van der Waals surface area contributed by atoms with E-state index >= 15 is 0 Å². The second kappa shape index (κ2) is 6.46. The maximum atomic E-state index is 12.3. The number of carboxylic acids is 1. The molecule has 1 saturated heterocycles. The first-order chi connectivity index (χ1) is 9.56. The lowest BCUT2D eigenvalue weighted by molar-refractivity contribution is -0.141. The summed E-state index contributed by atoms with van der Waals surface area (Å²) in [6, 6.07) is 0.341. The molecule has 0 bridgehead atoms. The molecular formula is C15H26N2O3. The summed E-state index contributed by atoms with van der Waals surface area (Å²) in [6.07, 6.45) is 7.43. The molecule has 2 rings (SSSR count). The predicted molar refractivity (Wildman–Crippen MR) is 76.6 cm³/mol. The molecule has 0 radical (unpaired) electrons. The molecule has 114 valence electrons. The van der Waals surface area contributed by atoms with Gasteiger partial charge in [0.25, 0.3) is 0 Å². The Kier molecular flexibility index (Phi) is 4.89. The summed E-state index contributed by atoms with van der Waals surface area (Å²) in [6.45, 7) is 3.45. The summed E-state index contributed by atoms with van der Waals surface area (Å²) in [5.41, 5.74) is -0.195. The van der Waals surface area contributed by atoms with E-state index in [1.807, 2.05) is 4.90 Å². The molecule has 2 amide bonds. The lowest BCUT2D eigenvalue weighted by Gasteiger charge is -2.42. The summed E-state index contributed by atoms with van der Waals surface area (Å²) >= 11 is 0. The Hall–Kier alpha value is -1.26. The van der Waals surface area contributed by atoms with Gasteiger partial charge in [0.05, 0.1) is 6.42 Å². The quantitative estimate of drug-likeness (QED) is 0.814. The number of piperidine rings is 1. The predicted octanol–water partition coefficient (Wildman–Crippen LogP) is 2.61. The lowest BCUT2D eigenvalue weighted by Crippen LogP contribution is -2.52. The molecule has 0 aromatic carbocycles. The Labute approximate surface area is 120 Å². The second-order valence-corrected chi connectivity index (χ2v) is 6.33. The van der Waals surface area contributed by atoms with E-state index in [0.29, 0.717) is 12.6 Å². The maximum absolute atomic E-state index is 12.3. The number of carbonyl (C=O) groups excluding carboxylic acids is 1. The second-order valence-electron chi connectivity index (χ2n) is 6.33. The van der Waals surface area contributed by atoms with Crippen LogP contribution in [0, 0.1) is 5.41 Å². The number of likely N-dealkylation sites (tertiary alicyclic amines) is 1. The van der Waals surface area contributed by atoms with Gasteiger partial charge in [0.15, 0.2) is 0 Å². The molecule has 2 N–H and O–H groups in total. The van der Waals surface area contributed by atoms with Gasteiger partial charge < -0.3 is 15.3 Å². The highest BCUT2D eigenvalue weighted by molar-refractivity contribution is 5.75. The molecule has 5 nitrogen and oxygen atoms in total. The molecule has 0 aromatic rings. The van der Waals surface area contributed by atoms with Crippen molar-refractivity contribution in [1.29, 1.82) is 0 Å². The molecule has 2 aliphatic rings. The van der Waals surface area contributed by atoms with E-state index in [0.717, 1.165) is 45.1 Å². The van der Waals surface area contributed by atoms with E-state index in [4.69, 9.17) is 5.11 Å². The van der Waals surface area contributed by atoms with Gasteiger partial charge in [-0.3, -0.25) is 4.79 Å². The van der Waals surface area contributed by atoms with Crippen molar-refractivity contribution >= 4 is 12.0 Å². The summed E-state index contributed by atoms with van der Waals surface area (Å²) < 4.78 is 0. The van der Waals surface area contributed by atoms with E-state index < -0.39 is 5.97 Å². The van der Waals surface area contributed by atoms with Crippen LogP contribution in [0.4, 0.5) is 4.79 Å². The molecule has 0 aromatic heterocycles. The van der Waals surface area contributed by atoms with Crippen LogP contribution in [0.3, 0.4) is 0 Å². The van der Waals surface area contributed by atoms with Crippen molar-refractivity contribution < 1.29 is 14.7 Å². The van der Waals surface area contributed by atoms with E-state index in [1.54, 1.807) is 0 Å². The fourth-order valence-corrected chi connectivity index (χ4v) is 3.47. The molecule has 1 aliphatic carbocycles. The van der Waals surface area contributed by atoms with Gasteiger partial charge in [-0.25, -0.2) is 4.79 Å². The first-order valence-corrected chi connectivity index (χ1v) is 7.82. The highest BCUT2D eigenvalue weighted by Crippen LogP contribution is 2.43. The van der Waals surface area contributed by atoms with Gasteiger partial charge in [-0.05, 0) is 43.9 Å². The Balaban J connectivity index is 1.86. The van der Waals surface area contributed by atoms with Gasteiger partial charge >= 0.3 is 12.0 Å². The molecule has 1 atom stereocenters. The first-order valence-electron chi connectivity index (χ1n) is 7.82. The zero-order valence-electron chi connectivity index (χ0n) is 12.4. The van der Waals surface area contributed by atoms with Gasteiger partial charge in [-0.2, -0.15) is 0 Å². The van der Waals surface area contributed by atoms with Gasteiger partial charge in [0, 0.05) is 19.1 Å². The van der Waals surface area contributed by atoms with Crippen LogP contribution in [0.2, 0.25) is 0 Å². The highest BCUT2D eigenvalue weighted by atomic mass is 16.4. The third-order valence-electron chi connectivity index (χ3n) is 4.91. The van der Waals surface area contributed by atoms with Crippen molar-refractivity contribution in [2.45, 2.75) is 64.3 Å².